The summed E-state index contributed by atoms with van der Waals surface area (Å²) in [5.41, 5.74) is 3.05. The molecule has 6 heteroatoms. The van der Waals surface area contributed by atoms with Crippen LogP contribution < -0.4 is 5.32 Å². The third kappa shape index (κ3) is 3.54. The molecule has 0 fully saturated rings. The summed E-state index contributed by atoms with van der Waals surface area (Å²) in [4.78, 5) is 20.5. The summed E-state index contributed by atoms with van der Waals surface area (Å²) in [6.07, 6.45) is 4.67. The van der Waals surface area contributed by atoms with E-state index in [1.165, 1.54) is 12.7 Å². The van der Waals surface area contributed by atoms with Crippen molar-refractivity contribution in [3.8, 4) is 22.8 Å². The van der Waals surface area contributed by atoms with E-state index in [2.05, 4.69) is 15.3 Å². The van der Waals surface area contributed by atoms with Crippen molar-refractivity contribution < 1.29 is 13.6 Å². The molecule has 0 saturated heterocycles. The molecular formula is C20H15N3O3. The average molecular weight is 345 g/mol. The molecule has 0 unspecified atom stereocenters. The molecule has 2 aromatic heterocycles. The van der Waals surface area contributed by atoms with Crippen LogP contribution in [0.4, 0.5) is 5.69 Å². The van der Waals surface area contributed by atoms with Crippen molar-refractivity contribution in [3.63, 3.8) is 0 Å². The van der Waals surface area contributed by atoms with Gasteiger partial charge >= 0.3 is 0 Å². The lowest BCUT2D eigenvalue weighted by atomic mass is 10.1. The van der Waals surface area contributed by atoms with E-state index < -0.39 is 0 Å². The third-order valence-electron chi connectivity index (χ3n) is 3.80. The molecule has 0 aliphatic carbocycles. The van der Waals surface area contributed by atoms with Gasteiger partial charge in [0.05, 0.1) is 18.3 Å². The van der Waals surface area contributed by atoms with E-state index in [-0.39, 0.29) is 12.3 Å². The first kappa shape index (κ1) is 15.8. The normalized spacial score (nSPS) is 10.6. The van der Waals surface area contributed by atoms with Gasteiger partial charge in [0.1, 0.15) is 6.26 Å². The van der Waals surface area contributed by atoms with Gasteiger partial charge in [-0.1, -0.05) is 18.2 Å². The standard InChI is InChI=1S/C20H15N3O3/c24-19(10-17-12-25-20(23-17)15-4-2-1-3-5-15)22-16-8-6-14(7-9-16)18-11-21-13-26-18/h1-9,11-13H,10H2,(H,22,24). The maximum absolute atomic E-state index is 12.2. The van der Waals surface area contributed by atoms with Gasteiger partial charge in [-0.05, 0) is 36.4 Å². The number of carbonyl (C=O) groups excluding carboxylic acids is 1. The molecule has 0 aliphatic heterocycles. The molecule has 2 heterocycles. The van der Waals surface area contributed by atoms with Crippen molar-refractivity contribution in [2.45, 2.75) is 6.42 Å². The molecule has 6 nitrogen and oxygen atoms in total. The average Bonchev–Trinajstić information content (AvgIpc) is 3.35. The number of nitrogens with zero attached hydrogens (tertiary/aromatic N) is 2. The number of hydrogen-bond donors (Lipinski definition) is 1. The first-order chi connectivity index (χ1) is 12.8. The van der Waals surface area contributed by atoms with Crippen molar-refractivity contribution in [2.75, 3.05) is 5.32 Å². The predicted octanol–water partition coefficient (Wildman–Crippen LogP) is 4.18. The molecule has 1 N–H and O–H groups in total. The van der Waals surface area contributed by atoms with Crippen molar-refractivity contribution in [3.05, 3.63) is 79.1 Å². The van der Waals surface area contributed by atoms with Gasteiger partial charge < -0.3 is 14.2 Å². The molecule has 1 amide bonds. The van der Waals surface area contributed by atoms with Gasteiger partial charge in [0.25, 0.3) is 0 Å². The molecule has 0 radical (unpaired) electrons. The second-order valence-corrected chi connectivity index (χ2v) is 5.68. The van der Waals surface area contributed by atoms with Crippen LogP contribution in [0.2, 0.25) is 0 Å². The number of aromatic nitrogens is 2. The molecule has 128 valence electrons. The molecule has 4 rings (SSSR count). The van der Waals surface area contributed by atoms with Crippen molar-refractivity contribution in [1.82, 2.24) is 9.97 Å². The van der Waals surface area contributed by atoms with Gasteiger partial charge in [-0.25, -0.2) is 9.97 Å². The van der Waals surface area contributed by atoms with Crippen LogP contribution in [0, 0.1) is 0 Å². The van der Waals surface area contributed by atoms with Crippen LogP contribution in [-0.4, -0.2) is 15.9 Å². The molecule has 0 aliphatic rings. The summed E-state index contributed by atoms with van der Waals surface area (Å²) in [5, 5.41) is 2.85. The third-order valence-corrected chi connectivity index (χ3v) is 3.80. The number of hydrogen-bond acceptors (Lipinski definition) is 5. The van der Waals surface area contributed by atoms with Crippen LogP contribution in [0.3, 0.4) is 0 Å². The quantitative estimate of drug-likeness (QED) is 0.587. The van der Waals surface area contributed by atoms with E-state index in [1.54, 1.807) is 6.20 Å². The summed E-state index contributed by atoms with van der Waals surface area (Å²) in [7, 11) is 0. The Kier molecular flexibility index (Phi) is 4.30. The largest absolute Gasteiger partial charge is 0.444 e. The molecule has 26 heavy (non-hydrogen) atoms. The van der Waals surface area contributed by atoms with E-state index >= 15 is 0 Å². The Morgan fingerprint density at radius 2 is 1.77 bits per heavy atom. The van der Waals surface area contributed by atoms with E-state index in [0.29, 0.717) is 23.0 Å². The van der Waals surface area contributed by atoms with E-state index in [9.17, 15) is 4.79 Å². The van der Waals surface area contributed by atoms with Crippen molar-refractivity contribution in [1.29, 1.82) is 0 Å². The first-order valence-corrected chi connectivity index (χ1v) is 8.06. The smallest absolute Gasteiger partial charge is 0.230 e. The minimum absolute atomic E-state index is 0.139. The van der Waals surface area contributed by atoms with Gasteiger partial charge in [0.2, 0.25) is 11.8 Å². The van der Waals surface area contributed by atoms with Crippen LogP contribution in [-0.2, 0) is 11.2 Å². The summed E-state index contributed by atoms with van der Waals surface area (Å²) >= 11 is 0. The summed E-state index contributed by atoms with van der Waals surface area (Å²) in [6, 6.07) is 16.9. The fraction of sp³-hybridized carbons (Fsp3) is 0.0500. The van der Waals surface area contributed by atoms with E-state index in [1.807, 2.05) is 54.6 Å². The van der Waals surface area contributed by atoms with Crippen molar-refractivity contribution >= 4 is 11.6 Å². The van der Waals surface area contributed by atoms with Crippen LogP contribution >= 0.6 is 0 Å². The molecular weight excluding hydrogens is 330 g/mol. The molecule has 0 saturated carbocycles. The van der Waals surface area contributed by atoms with Crippen LogP contribution in [0.25, 0.3) is 22.8 Å². The Morgan fingerprint density at radius 3 is 2.50 bits per heavy atom. The number of anilines is 1. The second kappa shape index (κ2) is 7.06. The Balaban J connectivity index is 1.39. The van der Waals surface area contributed by atoms with Gasteiger partial charge in [0, 0.05) is 16.8 Å². The number of carbonyl (C=O) groups is 1. The first-order valence-electron chi connectivity index (χ1n) is 8.06. The highest BCUT2D eigenvalue weighted by Gasteiger charge is 2.11. The van der Waals surface area contributed by atoms with E-state index in [0.717, 1.165) is 11.1 Å². The summed E-state index contributed by atoms with van der Waals surface area (Å²) in [5.74, 6) is 1.02. The lowest BCUT2D eigenvalue weighted by molar-refractivity contribution is -0.115. The van der Waals surface area contributed by atoms with Gasteiger partial charge in [0.15, 0.2) is 12.2 Å². The zero-order valence-electron chi connectivity index (χ0n) is 13.8. The highest BCUT2D eigenvalue weighted by atomic mass is 16.3. The van der Waals surface area contributed by atoms with Gasteiger partial charge in [-0.3, -0.25) is 4.79 Å². The zero-order chi connectivity index (χ0) is 17.8. The highest BCUT2D eigenvalue weighted by molar-refractivity contribution is 5.92. The fourth-order valence-electron chi connectivity index (χ4n) is 2.55. The molecule has 0 bridgehead atoms. The summed E-state index contributed by atoms with van der Waals surface area (Å²) < 4.78 is 10.7. The Bertz CT molecular complexity index is 990. The van der Waals surface area contributed by atoms with E-state index in [4.69, 9.17) is 8.83 Å². The number of nitrogens with one attached hydrogen (secondary N) is 1. The van der Waals surface area contributed by atoms with Crippen LogP contribution in [0.15, 0.2) is 82.3 Å². The summed E-state index contributed by atoms with van der Waals surface area (Å²) in [6.45, 7) is 0. The Morgan fingerprint density at radius 1 is 0.962 bits per heavy atom. The molecule has 2 aromatic carbocycles. The lowest BCUT2D eigenvalue weighted by Crippen LogP contribution is -2.14. The molecule has 0 spiro atoms. The highest BCUT2D eigenvalue weighted by Crippen LogP contribution is 2.21. The van der Waals surface area contributed by atoms with Crippen LogP contribution in [0.5, 0.6) is 0 Å². The molecule has 4 aromatic rings. The lowest BCUT2D eigenvalue weighted by Gasteiger charge is -2.04. The zero-order valence-corrected chi connectivity index (χ0v) is 13.8. The monoisotopic (exact) mass is 345 g/mol. The van der Waals surface area contributed by atoms with Crippen LogP contribution in [0.1, 0.15) is 5.69 Å². The number of benzene rings is 2. The minimum atomic E-state index is -0.162. The van der Waals surface area contributed by atoms with Gasteiger partial charge in [-0.2, -0.15) is 0 Å². The maximum atomic E-state index is 12.2. The Labute approximate surface area is 149 Å². The minimum Gasteiger partial charge on any atom is -0.444 e. The second-order valence-electron chi connectivity index (χ2n) is 5.68. The number of amides is 1. The fourth-order valence-corrected chi connectivity index (χ4v) is 2.55. The van der Waals surface area contributed by atoms with Gasteiger partial charge in [-0.15, -0.1) is 0 Å². The maximum Gasteiger partial charge on any atom is 0.230 e. The number of rotatable bonds is 5. The molecule has 0 atom stereocenters. The topological polar surface area (TPSA) is 81.2 Å². The van der Waals surface area contributed by atoms with Crippen molar-refractivity contribution in [2.24, 2.45) is 0 Å². The number of oxazole rings is 2. The SMILES string of the molecule is O=C(Cc1coc(-c2ccccc2)n1)Nc1ccc(-c2cnco2)cc1. The predicted molar refractivity (Wildman–Crippen MR) is 96.2 cm³/mol. The Hall–Kier alpha value is -3.67.